The van der Waals surface area contributed by atoms with Crippen molar-refractivity contribution in [3.63, 3.8) is 0 Å². The highest BCUT2D eigenvalue weighted by molar-refractivity contribution is 5.75. The van der Waals surface area contributed by atoms with Gasteiger partial charge in [-0.2, -0.15) is 0 Å². The van der Waals surface area contributed by atoms with Gasteiger partial charge in [0.05, 0.1) is 17.1 Å². The van der Waals surface area contributed by atoms with Gasteiger partial charge in [0.15, 0.2) is 0 Å². The molecule has 1 aliphatic rings. The summed E-state index contributed by atoms with van der Waals surface area (Å²) in [7, 11) is 0. The number of H-pyrrole nitrogens is 1. The first kappa shape index (κ1) is 9.65. The van der Waals surface area contributed by atoms with Crippen molar-refractivity contribution in [2.45, 2.75) is 12.5 Å². The van der Waals surface area contributed by atoms with Gasteiger partial charge in [-0.15, -0.1) is 0 Å². The Morgan fingerprint density at radius 1 is 1.11 bits per heavy atom. The largest absolute Gasteiger partial charge is 0.360 e. The van der Waals surface area contributed by atoms with E-state index in [0.29, 0.717) is 0 Å². The molecule has 0 amide bonds. The predicted molar refractivity (Wildman–Crippen MR) is 70.4 cm³/mol. The maximum Gasteiger partial charge on any atom is 0.130 e. The van der Waals surface area contributed by atoms with Crippen LogP contribution >= 0.6 is 0 Å². The molecular formula is C14H12N4. The number of hydrogen-bond donors (Lipinski definition) is 2. The molecule has 4 heteroatoms. The van der Waals surface area contributed by atoms with Gasteiger partial charge in [-0.05, 0) is 23.8 Å². The van der Waals surface area contributed by atoms with E-state index in [9.17, 15) is 0 Å². The molecule has 0 saturated carbocycles. The fraction of sp³-hybridized carbons (Fsp3) is 0.143. The minimum absolute atomic E-state index is 0.197. The van der Waals surface area contributed by atoms with Gasteiger partial charge >= 0.3 is 0 Å². The van der Waals surface area contributed by atoms with E-state index in [1.807, 2.05) is 36.5 Å². The third kappa shape index (κ3) is 1.39. The lowest BCUT2D eigenvalue weighted by Gasteiger charge is -2.06. The third-order valence-corrected chi connectivity index (χ3v) is 3.36. The molecule has 4 nitrogen and oxygen atoms in total. The number of imidazole rings is 1. The highest BCUT2D eigenvalue weighted by Crippen LogP contribution is 2.31. The molecule has 2 N–H and O–H groups in total. The van der Waals surface area contributed by atoms with Gasteiger partial charge in [0, 0.05) is 12.6 Å². The quantitative estimate of drug-likeness (QED) is 0.683. The molecule has 1 aromatic carbocycles. The lowest BCUT2D eigenvalue weighted by Crippen LogP contribution is -2.07. The molecule has 3 heterocycles. The summed E-state index contributed by atoms with van der Waals surface area (Å²) in [5, 5.41) is 3.41. The molecule has 88 valence electrons. The smallest absolute Gasteiger partial charge is 0.130 e. The molecule has 1 aliphatic heterocycles. The van der Waals surface area contributed by atoms with E-state index in [4.69, 9.17) is 0 Å². The van der Waals surface area contributed by atoms with Gasteiger partial charge in [0.2, 0.25) is 0 Å². The first-order valence-electron chi connectivity index (χ1n) is 6.05. The number of para-hydroxylation sites is 2. The van der Waals surface area contributed by atoms with E-state index < -0.39 is 0 Å². The summed E-state index contributed by atoms with van der Waals surface area (Å²) in [5.74, 6) is 1.96. The topological polar surface area (TPSA) is 53.6 Å². The van der Waals surface area contributed by atoms with E-state index in [1.165, 1.54) is 5.56 Å². The summed E-state index contributed by atoms with van der Waals surface area (Å²) in [6.07, 6.45) is 2.75. The third-order valence-electron chi connectivity index (χ3n) is 3.36. The number of nitrogens with one attached hydrogen (secondary N) is 2. The van der Waals surface area contributed by atoms with Crippen LogP contribution in [0.4, 0.5) is 5.82 Å². The Labute approximate surface area is 104 Å². The van der Waals surface area contributed by atoms with E-state index in [-0.39, 0.29) is 6.04 Å². The Morgan fingerprint density at radius 3 is 2.94 bits per heavy atom. The fourth-order valence-corrected chi connectivity index (χ4v) is 2.47. The van der Waals surface area contributed by atoms with Crippen LogP contribution in [0.5, 0.6) is 0 Å². The summed E-state index contributed by atoms with van der Waals surface area (Å²) in [6, 6.07) is 12.4. The molecule has 1 atom stereocenters. The Hall–Kier alpha value is -2.36. The van der Waals surface area contributed by atoms with Gasteiger partial charge < -0.3 is 10.3 Å². The molecule has 0 spiro atoms. The second-order valence-electron chi connectivity index (χ2n) is 4.55. The maximum absolute atomic E-state index is 4.63. The minimum atomic E-state index is 0.197. The van der Waals surface area contributed by atoms with Crippen LogP contribution in [-0.4, -0.2) is 15.0 Å². The van der Waals surface area contributed by atoms with Crippen LogP contribution in [0.25, 0.3) is 11.0 Å². The van der Waals surface area contributed by atoms with Crippen molar-refractivity contribution >= 4 is 16.9 Å². The number of nitrogens with zero attached hydrogens (tertiary/aromatic N) is 2. The van der Waals surface area contributed by atoms with Crippen molar-refractivity contribution in [1.29, 1.82) is 0 Å². The summed E-state index contributed by atoms with van der Waals surface area (Å²) in [5.41, 5.74) is 3.35. The average molecular weight is 236 g/mol. The lowest BCUT2D eigenvalue weighted by molar-refractivity contribution is 0.767. The second kappa shape index (κ2) is 3.57. The molecule has 18 heavy (non-hydrogen) atoms. The normalized spacial score (nSPS) is 17.7. The number of fused-ring (bicyclic) bond motifs is 2. The van der Waals surface area contributed by atoms with E-state index in [0.717, 1.165) is 29.1 Å². The Bertz CT molecular complexity index is 658. The van der Waals surface area contributed by atoms with Gasteiger partial charge in [-0.25, -0.2) is 9.97 Å². The highest BCUT2D eigenvalue weighted by Gasteiger charge is 2.24. The Morgan fingerprint density at radius 2 is 2.06 bits per heavy atom. The standard InChI is InChI=1S/C14H12N4/c1-2-6-11-10(5-1)16-14(17-11)12-8-9-4-3-7-15-13(9)18-12/h1-7,12H,8H2,(H,15,18)(H,16,17)/t12-/m1/s1. The summed E-state index contributed by atoms with van der Waals surface area (Å²) < 4.78 is 0. The maximum atomic E-state index is 4.63. The van der Waals surface area contributed by atoms with Crippen molar-refractivity contribution in [2.75, 3.05) is 5.32 Å². The molecule has 0 saturated heterocycles. The van der Waals surface area contributed by atoms with Gasteiger partial charge in [-0.3, -0.25) is 0 Å². The molecule has 0 bridgehead atoms. The SMILES string of the molecule is c1cnc2c(c1)C[C@H](c1nc3ccccc3[nH]1)N2. The van der Waals surface area contributed by atoms with E-state index in [1.54, 1.807) is 0 Å². The molecule has 0 aliphatic carbocycles. The molecule has 0 fully saturated rings. The Balaban J connectivity index is 1.73. The van der Waals surface area contributed by atoms with Gasteiger partial charge in [0.1, 0.15) is 11.6 Å². The average Bonchev–Trinajstić information content (AvgIpc) is 3.02. The minimum Gasteiger partial charge on any atom is -0.360 e. The zero-order valence-electron chi connectivity index (χ0n) is 9.72. The monoisotopic (exact) mass is 236 g/mol. The second-order valence-corrected chi connectivity index (χ2v) is 4.55. The Kier molecular flexibility index (Phi) is 1.91. The number of rotatable bonds is 1. The van der Waals surface area contributed by atoms with Crippen molar-refractivity contribution in [3.05, 3.63) is 54.0 Å². The molecule has 3 aromatic rings. The zero-order valence-corrected chi connectivity index (χ0v) is 9.72. The predicted octanol–water partition coefficient (Wildman–Crippen LogP) is 2.67. The number of aromatic nitrogens is 3. The lowest BCUT2D eigenvalue weighted by atomic mass is 10.1. The van der Waals surface area contributed by atoms with Crippen molar-refractivity contribution in [3.8, 4) is 0 Å². The number of anilines is 1. The van der Waals surface area contributed by atoms with Gasteiger partial charge in [0.25, 0.3) is 0 Å². The first-order valence-corrected chi connectivity index (χ1v) is 6.05. The number of benzene rings is 1. The van der Waals surface area contributed by atoms with E-state index >= 15 is 0 Å². The van der Waals surface area contributed by atoms with E-state index in [2.05, 4.69) is 26.3 Å². The van der Waals surface area contributed by atoms with Gasteiger partial charge in [-0.1, -0.05) is 18.2 Å². The van der Waals surface area contributed by atoms with Crippen LogP contribution in [0.1, 0.15) is 17.4 Å². The molecule has 0 unspecified atom stereocenters. The fourth-order valence-electron chi connectivity index (χ4n) is 2.47. The van der Waals surface area contributed by atoms with Crippen molar-refractivity contribution in [2.24, 2.45) is 0 Å². The van der Waals surface area contributed by atoms with Crippen LogP contribution < -0.4 is 5.32 Å². The van der Waals surface area contributed by atoms with Crippen molar-refractivity contribution in [1.82, 2.24) is 15.0 Å². The van der Waals surface area contributed by atoms with Crippen LogP contribution in [0.3, 0.4) is 0 Å². The highest BCUT2D eigenvalue weighted by atomic mass is 15.1. The zero-order chi connectivity index (χ0) is 11.9. The van der Waals surface area contributed by atoms with Crippen molar-refractivity contribution < 1.29 is 0 Å². The molecule has 4 rings (SSSR count). The number of hydrogen-bond acceptors (Lipinski definition) is 3. The number of aromatic amines is 1. The van der Waals surface area contributed by atoms with Crippen LogP contribution in [0.15, 0.2) is 42.6 Å². The molecular weight excluding hydrogens is 224 g/mol. The summed E-state index contributed by atoms with van der Waals surface area (Å²) in [4.78, 5) is 12.3. The first-order chi connectivity index (χ1) is 8.90. The van der Waals surface area contributed by atoms with Crippen LogP contribution in [0, 0.1) is 0 Å². The summed E-state index contributed by atoms with van der Waals surface area (Å²) in [6.45, 7) is 0. The van der Waals surface area contributed by atoms with Crippen LogP contribution in [0.2, 0.25) is 0 Å². The summed E-state index contributed by atoms with van der Waals surface area (Å²) >= 11 is 0. The molecule has 2 aromatic heterocycles. The molecule has 0 radical (unpaired) electrons. The number of pyridine rings is 1. The van der Waals surface area contributed by atoms with Crippen LogP contribution in [-0.2, 0) is 6.42 Å².